The van der Waals surface area contributed by atoms with Crippen LogP contribution in [0.1, 0.15) is 31.2 Å². The maximum absolute atomic E-state index is 12.1. The van der Waals surface area contributed by atoms with Gasteiger partial charge in [-0.2, -0.15) is 0 Å². The van der Waals surface area contributed by atoms with Crippen molar-refractivity contribution in [2.45, 2.75) is 45.3 Å². The van der Waals surface area contributed by atoms with Gasteiger partial charge in [-0.3, -0.25) is 4.79 Å². The smallest absolute Gasteiger partial charge is 0.313 e. The van der Waals surface area contributed by atoms with E-state index in [2.05, 4.69) is 31.1 Å². The highest BCUT2D eigenvalue weighted by atomic mass is 28.3. The van der Waals surface area contributed by atoms with Gasteiger partial charge in [0.15, 0.2) is 0 Å². The van der Waals surface area contributed by atoms with Gasteiger partial charge in [0, 0.05) is 6.42 Å². The van der Waals surface area contributed by atoms with E-state index in [0.717, 1.165) is 18.4 Å². The summed E-state index contributed by atoms with van der Waals surface area (Å²) >= 11 is 0. The SMILES string of the molecule is CCOC(=O)C(CCC#C[Si](C)(C)C)c1ccccc1. The van der Waals surface area contributed by atoms with Crippen LogP contribution >= 0.6 is 0 Å². The van der Waals surface area contributed by atoms with Gasteiger partial charge in [-0.05, 0) is 18.9 Å². The zero-order chi connectivity index (χ0) is 15.0. The Morgan fingerprint density at radius 3 is 2.45 bits per heavy atom. The second-order valence-corrected chi connectivity index (χ2v) is 10.6. The molecule has 1 rings (SSSR count). The second-order valence-electron chi connectivity index (χ2n) is 5.81. The van der Waals surface area contributed by atoms with E-state index in [4.69, 9.17) is 4.74 Å². The predicted molar refractivity (Wildman–Crippen MR) is 86.2 cm³/mol. The van der Waals surface area contributed by atoms with Gasteiger partial charge in [-0.1, -0.05) is 50.0 Å². The van der Waals surface area contributed by atoms with E-state index in [-0.39, 0.29) is 11.9 Å². The highest BCUT2D eigenvalue weighted by Gasteiger charge is 2.21. The first-order valence-corrected chi connectivity index (χ1v) is 10.7. The Hall–Kier alpha value is -1.53. The van der Waals surface area contributed by atoms with Gasteiger partial charge in [0.1, 0.15) is 8.07 Å². The molecule has 2 nitrogen and oxygen atoms in total. The molecule has 0 amide bonds. The van der Waals surface area contributed by atoms with E-state index >= 15 is 0 Å². The summed E-state index contributed by atoms with van der Waals surface area (Å²) in [5.74, 6) is 2.88. The first kappa shape index (κ1) is 16.5. The van der Waals surface area contributed by atoms with Crippen LogP contribution in [0.5, 0.6) is 0 Å². The third-order valence-corrected chi connectivity index (χ3v) is 3.72. The minimum atomic E-state index is -1.33. The molecule has 1 atom stereocenters. The number of carbonyl (C=O) groups excluding carboxylic acids is 1. The Balaban J connectivity index is 2.74. The number of carbonyl (C=O) groups is 1. The fourth-order valence-electron chi connectivity index (χ4n) is 1.89. The molecule has 0 saturated heterocycles. The molecule has 0 aromatic heterocycles. The number of benzene rings is 1. The van der Waals surface area contributed by atoms with Crippen LogP contribution in [0, 0.1) is 11.5 Å². The quantitative estimate of drug-likeness (QED) is 0.465. The fraction of sp³-hybridized carbons (Fsp3) is 0.471. The molecule has 0 aliphatic rings. The zero-order valence-electron chi connectivity index (χ0n) is 12.9. The van der Waals surface area contributed by atoms with Crippen LogP contribution in [0.4, 0.5) is 0 Å². The molecule has 0 fully saturated rings. The van der Waals surface area contributed by atoms with Crippen molar-refractivity contribution >= 4 is 14.0 Å². The molecule has 0 spiro atoms. The van der Waals surface area contributed by atoms with E-state index in [1.807, 2.05) is 37.3 Å². The largest absolute Gasteiger partial charge is 0.466 e. The van der Waals surface area contributed by atoms with Crippen molar-refractivity contribution in [2.24, 2.45) is 0 Å². The molecule has 0 saturated carbocycles. The van der Waals surface area contributed by atoms with Gasteiger partial charge in [0.05, 0.1) is 12.5 Å². The molecule has 0 N–H and O–H groups in total. The van der Waals surface area contributed by atoms with Crippen molar-refractivity contribution in [3.05, 3.63) is 35.9 Å². The summed E-state index contributed by atoms with van der Waals surface area (Å²) in [6, 6.07) is 9.82. The number of hydrogen-bond donors (Lipinski definition) is 0. The fourth-order valence-corrected chi connectivity index (χ4v) is 2.55. The maximum Gasteiger partial charge on any atom is 0.313 e. The maximum atomic E-state index is 12.1. The molecule has 0 aliphatic carbocycles. The molecule has 0 radical (unpaired) electrons. The predicted octanol–water partition coefficient (Wildman–Crippen LogP) is 3.99. The van der Waals surface area contributed by atoms with Gasteiger partial charge in [-0.25, -0.2) is 0 Å². The lowest BCUT2D eigenvalue weighted by Crippen LogP contribution is -2.17. The van der Waals surface area contributed by atoms with Gasteiger partial charge in [-0.15, -0.1) is 11.5 Å². The van der Waals surface area contributed by atoms with E-state index in [1.54, 1.807) is 0 Å². The molecule has 20 heavy (non-hydrogen) atoms. The third kappa shape index (κ3) is 6.07. The van der Waals surface area contributed by atoms with Crippen LogP contribution < -0.4 is 0 Å². The lowest BCUT2D eigenvalue weighted by Gasteiger charge is -2.14. The van der Waals surface area contributed by atoms with Crippen molar-refractivity contribution < 1.29 is 9.53 Å². The first-order valence-electron chi connectivity index (χ1n) is 7.15. The van der Waals surface area contributed by atoms with E-state index in [0.29, 0.717) is 6.61 Å². The van der Waals surface area contributed by atoms with E-state index in [9.17, 15) is 4.79 Å². The Morgan fingerprint density at radius 1 is 1.25 bits per heavy atom. The van der Waals surface area contributed by atoms with Crippen LogP contribution in [0.3, 0.4) is 0 Å². The molecule has 0 heterocycles. The van der Waals surface area contributed by atoms with Gasteiger partial charge >= 0.3 is 5.97 Å². The summed E-state index contributed by atoms with van der Waals surface area (Å²) in [5, 5.41) is 0. The number of ether oxygens (including phenoxy) is 1. The highest BCUT2D eigenvalue weighted by Crippen LogP contribution is 2.22. The Morgan fingerprint density at radius 2 is 1.90 bits per heavy atom. The standard InChI is InChI=1S/C17H24O2Si/c1-5-19-17(18)16(15-11-7-6-8-12-15)13-9-10-14-20(2,3)4/h6-8,11-12,16H,5,9,13H2,1-4H3. The summed E-state index contributed by atoms with van der Waals surface area (Å²) in [6.45, 7) is 8.92. The van der Waals surface area contributed by atoms with Crippen LogP contribution in [0.25, 0.3) is 0 Å². The molecule has 3 heteroatoms. The van der Waals surface area contributed by atoms with Gasteiger partial charge in [0.2, 0.25) is 0 Å². The molecule has 0 bridgehead atoms. The molecular formula is C17H24O2Si. The molecule has 1 aromatic carbocycles. The lowest BCUT2D eigenvalue weighted by molar-refractivity contribution is -0.145. The normalized spacial score (nSPS) is 12.2. The van der Waals surface area contributed by atoms with Crippen molar-refractivity contribution in [1.29, 1.82) is 0 Å². The minimum absolute atomic E-state index is 0.145. The summed E-state index contributed by atoms with van der Waals surface area (Å²) < 4.78 is 5.18. The molecule has 1 aromatic rings. The van der Waals surface area contributed by atoms with Gasteiger partial charge in [0.25, 0.3) is 0 Å². The summed E-state index contributed by atoms with van der Waals surface area (Å²) in [4.78, 5) is 12.1. The second kappa shape index (κ2) is 7.91. The zero-order valence-corrected chi connectivity index (χ0v) is 13.9. The third-order valence-electron chi connectivity index (χ3n) is 2.79. The van der Waals surface area contributed by atoms with E-state index in [1.165, 1.54) is 0 Å². The Kier molecular flexibility index (Phi) is 6.54. The van der Waals surface area contributed by atoms with Crippen LogP contribution in [0.15, 0.2) is 30.3 Å². The number of hydrogen-bond acceptors (Lipinski definition) is 2. The molecule has 1 unspecified atom stereocenters. The highest BCUT2D eigenvalue weighted by molar-refractivity contribution is 6.83. The summed E-state index contributed by atoms with van der Waals surface area (Å²) in [6.07, 6.45) is 1.46. The van der Waals surface area contributed by atoms with Crippen LogP contribution in [0.2, 0.25) is 19.6 Å². The molecule has 0 aliphatic heterocycles. The van der Waals surface area contributed by atoms with Crippen molar-refractivity contribution in [1.82, 2.24) is 0 Å². The van der Waals surface area contributed by atoms with E-state index < -0.39 is 8.07 Å². The average molecular weight is 288 g/mol. The van der Waals surface area contributed by atoms with Crippen LogP contribution in [-0.4, -0.2) is 20.7 Å². The van der Waals surface area contributed by atoms with Crippen molar-refractivity contribution in [2.75, 3.05) is 6.61 Å². The van der Waals surface area contributed by atoms with Crippen molar-refractivity contribution in [3.63, 3.8) is 0 Å². The molecule has 108 valence electrons. The minimum Gasteiger partial charge on any atom is -0.466 e. The number of esters is 1. The summed E-state index contributed by atoms with van der Waals surface area (Å²) in [5.41, 5.74) is 4.35. The first-order chi connectivity index (χ1) is 9.44. The monoisotopic (exact) mass is 288 g/mol. The van der Waals surface area contributed by atoms with Gasteiger partial charge < -0.3 is 4.74 Å². The van der Waals surface area contributed by atoms with Crippen LogP contribution in [-0.2, 0) is 9.53 Å². The number of rotatable bonds is 5. The Bertz CT molecular complexity index is 477. The van der Waals surface area contributed by atoms with Crippen molar-refractivity contribution in [3.8, 4) is 11.5 Å². The topological polar surface area (TPSA) is 26.3 Å². The summed E-state index contributed by atoms with van der Waals surface area (Å²) in [7, 11) is -1.33. The Labute approximate surface area is 123 Å². The lowest BCUT2D eigenvalue weighted by atomic mass is 9.94. The average Bonchev–Trinajstić information content (AvgIpc) is 2.38. The molecular weight excluding hydrogens is 264 g/mol.